The Morgan fingerprint density at radius 2 is 1.94 bits per heavy atom. The lowest BCUT2D eigenvalue weighted by Crippen LogP contribution is -2.20. The second kappa shape index (κ2) is 9.83. The average Bonchev–Trinajstić information content (AvgIpc) is 2.73. The van der Waals surface area contributed by atoms with Crippen molar-refractivity contribution in [3.8, 4) is 17.0 Å². The molecule has 0 radical (unpaired) electrons. The standard InChI is InChI=1S/C24H25F2NO4/c1-4-31-8-7-15-10-19(16-5-6-18(24(28)29)14(2)9-16)22(27-13-15)17-11-20(25)23(30-3)21(26)12-17/h5-6,9-14,18H,4,7-8H2,1-3H3,(H,28,29). The van der Waals surface area contributed by atoms with Crippen LogP contribution in [0.5, 0.6) is 5.75 Å². The fourth-order valence-electron chi connectivity index (χ4n) is 3.63. The van der Waals surface area contributed by atoms with E-state index in [-0.39, 0.29) is 11.5 Å². The highest BCUT2D eigenvalue weighted by Gasteiger charge is 2.25. The van der Waals surface area contributed by atoms with E-state index < -0.39 is 29.3 Å². The highest BCUT2D eigenvalue weighted by atomic mass is 19.1. The summed E-state index contributed by atoms with van der Waals surface area (Å²) < 4.78 is 38.9. The Hall–Kier alpha value is -3.06. The van der Waals surface area contributed by atoms with Gasteiger partial charge in [-0.05, 0) is 48.6 Å². The van der Waals surface area contributed by atoms with Gasteiger partial charge in [0.1, 0.15) is 0 Å². The maximum absolute atomic E-state index is 14.4. The Bertz CT molecular complexity index is 1010. The molecule has 0 spiro atoms. The largest absolute Gasteiger partial charge is 0.491 e. The molecule has 164 valence electrons. The molecular weight excluding hydrogens is 404 g/mol. The van der Waals surface area contributed by atoms with E-state index in [4.69, 9.17) is 9.47 Å². The quantitative estimate of drug-likeness (QED) is 0.604. The third-order valence-electron chi connectivity index (χ3n) is 5.25. The Balaban J connectivity index is 2.09. The van der Waals surface area contributed by atoms with Crippen molar-refractivity contribution in [2.45, 2.75) is 20.3 Å². The molecular formula is C24H25F2NO4. The number of rotatable bonds is 8. The van der Waals surface area contributed by atoms with Gasteiger partial charge in [0.2, 0.25) is 0 Å². The molecule has 2 atom stereocenters. The van der Waals surface area contributed by atoms with E-state index in [9.17, 15) is 18.7 Å². The van der Waals surface area contributed by atoms with Gasteiger partial charge in [-0.15, -0.1) is 0 Å². The minimum atomic E-state index is -0.901. The first-order valence-electron chi connectivity index (χ1n) is 10.1. The van der Waals surface area contributed by atoms with Crippen molar-refractivity contribution in [1.82, 2.24) is 4.98 Å². The van der Waals surface area contributed by atoms with Crippen LogP contribution in [0.3, 0.4) is 0 Å². The number of carboxylic acids is 1. The lowest BCUT2D eigenvalue weighted by Gasteiger charge is -2.21. The summed E-state index contributed by atoms with van der Waals surface area (Å²) in [5, 5.41) is 9.37. The normalized spacial score (nSPS) is 18.0. The molecule has 5 nitrogen and oxygen atoms in total. The third kappa shape index (κ3) is 4.99. The number of methoxy groups -OCH3 is 1. The molecule has 2 aromatic rings. The summed E-state index contributed by atoms with van der Waals surface area (Å²) in [5.74, 6) is -3.87. The predicted molar refractivity (Wildman–Crippen MR) is 114 cm³/mol. The second-order valence-electron chi connectivity index (χ2n) is 7.36. The first-order chi connectivity index (χ1) is 14.8. The molecule has 0 aliphatic heterocycles. The van der Waals surface area contributed by atoms with Crippen LogP contribution in [0.2, 0.25) is 0 Å². The summed E-state index contributed by atoms with van der Waals surface area (Å²) in [4.78, 5) is 15.9. The molecule has 7 heteroatoms. The van der Waals surface area contributed by atoms with E-state index in [0.29, 0.717) is 30.9 Å². The number of ether oxygens (including phenoxy) is 2. The van der Waals surface area contributed by atoms with E-state index >= 15 is 0 Å². The zero-order chi connectivity index (χ0) is 22.5. The zero-order valence-electron chi connectivity index (χ0n) is 17.7. The van der Waals surface area contributed by atoms with Gasteiger partial charge in [0.05, 0.1) is 25.3 Å². The fourth-order valence-corrected chi connectivity index (χ4v) is 3.63. The van der Waals surface area contributed by atoms with Crippen LogP contribution < -0.4 is 4.74 Å². The Labute approximate surface area is 180 Å². The SMILES string of the molecule is CCOCCc1cnc(-c2cc(F)c(OC)c(F)c2)c(C2=CC(C)C(C(=O)O)C=C2)c1. The molecule has 1 aromatic heterocycles. The third-order valence-corrected chi connectivity index (χ3v) is 5.25. The van der Waals surface area contributed by atoms with Gasteiger partial charge in [0.25, 0.3) is 0 Å². The van der Waals surface area contributed by atoms with Crippen molar-refractivity contribution < 1.29 is 28.2 Å². The smallest absolute Gasteiger partial charge is 0.310 e. The molecule has 3 rings (SSSR count). The van der Waals surface area contributed by atoms with Crippen LogP contribution in [0.1, 0.15) is 25.0 Å². The number of nitrogens with zero attached hydrogens (tertiary/aromatic N) is 1. The van der Waals surface area contributed by atoms with Crippen molar-refractivity contribution in [3.63, 3.8) is 0 Å². The molecule has 1 aliphatic carbocycles. The summed E-state index contributed by atoms with van der Waals surface area (Å²) in [6.45, 7) is 4.86. The van der Waals surface area contributed by atoms with Gasteiger partial charge in [0, 0.05) is 23.9 Å². The van der Waals surface area contributed by atoms with E-state index in [1.807, 2.05) is 26.0 Å². The van der Waals surface area contributed by atoms with Gasteiger partial charge in [-0.3, -0.25) is 9.78 Å². The number of hydrogen-bond acceptors (Lipinski definition) is 4. The number of benzene rings is 1. The van der Waals surface area contributed by atoms with Crippen molar-refractivity contribution in [1.29, 1.82) is 0 Å². The molecule has 0 bridgehead atoms. The highest BCUT2D eigenvalue weighted by molar-refractivity contribution is 5.86. The number of carboxylic acid groups (broad SMARTS) is 1. The van der Waals surface area contributed by atoms with Crippen molar-refractivity contribution in [2.24, 2.45) is 11.8 Å². The number of allylic oxidation sites excluding steroid dienone is 3. The summed E-state index contributed by atoms with van der Waals surface area (Å²) in [6, 6.07) is 4.28. The van der Waals surface area contributed by atoms with E-state index in [0.717, 1.165) is 11.1 Å². The summed E-state index contributed by atoms with van der Waals surface area (Å²) >= 11 is 0. The van der Waals surface area contributed by atoms with Crippen molar-refractivity contribution >= 4 is 11.5 Å². The number of halogens is 2. The van der Waals surface area contributed by atoms with Crippen LogP contribution in [0, 0.1) is 23.5 Å². The lowest BCUT2D eigenvalue weighted by atomic mass is 9.84. The van der Waals surface area contributed by atoms with Gasteiger partial charge in [-0.2, -0.15) is 0 Å². The summed E-state index contributed by atoms with van der Waals surface area (Å²) in [7, 11) is 1.20. The Kier molecular flexibility index (Phi) is 7.17. The zero-order valence-corrected chi connectivity index (χ0v) is 17.7. The number of pyridine rings is 1. The van der Waals surface area contributed by atoms with Gasteiger partial charge < -0.3 is 14.6 Å². The summed E-state index contributed by atoms with van der Waals surface area (Å²) in [5.41, 5.74) is 3.00. The Morgan fingerprint density at radius 1 is 1.23 bits per heavy atom. The Morgan fingerprint density at radius 3 is 2.52 bits per heavy atom. The van der Waals surface area contributed by atoms with Crippen molar-refractivity contribution in [2.75, 3.05) is 20.3 Å². The molecule has 1 N–H and O–H groups in total. The molecule has 1 aromatic carbocycles. The fraction of sp³-hybridized carbons (Fsp3) is 0.333. The van der Waals surface area contributed by atoms with Gasteiger partial charge >= 0.3 is 5.97 Å². The molecule has 1 heterocycles. The monoisotopic (exact) mass is 429 g/mol. The summed E-state index contributed by atoms with van der Waals surface area (Å²) in [6.07, 6.45) is 7.50. The van der Waals surface area contributed by atoms with Crippen LogP contribution in [0.25, 0.3) is 16.8 Å². The first-order valence-corrected chi connectivity index (χ1v) is 10.1. The lowest BCUT2D eigenvalue weighted by molar-refractivity contribution is -0.141. The van der Waals surface area contributed by atoms with Crippen LogP contribution in [0.4, 0.5) is 8.78 Å². The minimum absolute atomic E-state index is 0.248. The van der Waals surface area contributed by atoms with Crippen LogP contribution in [-0.4, -0.2) is 36.4 Å². The highest BCUT2D eigenvalue weighted by Crippen LogP contribution is 2.36. The van der Waals surface area contributed by atoms with Crippen LogP contribution in [0.15, 0.2) is 42.6 Å². The van der Waals surface area contributed by atoms with Gasteiger partial charge in [-0.1, -0.05) is 25.2 Å². The molecule has 0 saturated carbocycles. The number of aliphatic carboxylic acids is 1. The molecule has 0 amide bonds. The van der Waals surface area contributed by atoms with Crippen molar-refractivity contribution in [3.05, 3.63) is 65.4 Å². The minimum Gasteiger partial charge on any atom is -0.491 e. The predicted octanol–water partition coefficient (Wildman–Crippen LogP) is 4.90. The maximum atomic E-state index is 14.4. The molecule has 2 unspecified atom stereocenters. The average molecular weight is 429 g/mol. The topological polar surface area (TPSA) is 68.7 Å². The van der Waals surface area contributed by atoms with Gasteiger partial charge in [0.15, 0.2) is 17.4 Å². The van der Waals surface area contributed by atoms with Crippen LogP contribution >= 0.6 is 0 Å². The number of carbonyl (C=O) groups is 1. The van der Waals surface area contributed by atoms with E-state index in [1.54, 1.807) is 18.3 Å². The van der Waals surface area contributed by atoms with E-state index in [1.165, 1.54) is 19.2 Å². The molecule has 0 saturated heterocycles. The first kappa shape index (κ1) is 22.6. The number of hydrogen-bond donors (Lipinski definition) is 1. The van der Waals surface area contributed by atoms with Gasteiger partial charge in [-0.25, -0.2) is 8.78 Å². The van der Waals surface area contributed by atoms with E-state index in [2.05, 4.69) is 4.98 Å². The molecule has 1 aliphatic rings. The number of aromatic nitrogens is 1. The molecule has 31 heavy (non-hydrogen) atoms. The second-order valence-corrected chi connectivity index (χ2v) is 7.36. The molecule has 0 fully saturated rings. The maximum Gasteiger partial charge on any atom is 0.310 e. The van der Waals surface area contributed by atoms with Crippen LogP contribution in [-0.2, 0) is 16.0 Å².